The zero-order chi connectivity index (χ0) is 22.7. The number of rotatable bonds is 12. The molecule has 0 atom stereocenters. The quantitative estimate of drug-likeness (QED) is 0.366. The summed E-state index contributed by atoms with van der Waals surface area (Å²) in [5.74, 6) is -1.40. The maximum atomic E-state index is 12.3. The summed E-state index contributed by atoms with van der Waals surface area (Å²) < 4.78 is 5.14. The number of aliphatic carboxylic acids is 1. The molecule has 10 nitrogen and oxygen atoms in total. The van der Waals surface area contributed by atoms with Crippen molar-refractivity contribution in [1.82, 2.24) is 15.3 Å². The topological polar surface area (TPSA) is 125 Å². The van der Waals surface area contributed by atoms with Gasteiger partial charge in [0.2, 0.25) is 12.3 Å². The minimum atomic E-state index is -1.06. The fourth-order valence-electron chi connectivity index (χ4n) is 2.23. The fraction of sp³-hybridized carbons (Fsp3) is 0.789. The van der Waals surface area contributed by atoms with Gasteiger partial charge < -0.3 is 20.1 Å². The average molecular weight is 418 g/mol. The van der Waals surface area contributed by atoms with Crippen LogP contribution in [0.2, 0.25) is 0 Å². The molecule has 2 N–H and O–H groups in total. The predicted molar refractivity (Wildman–Crippen MR) is 106 cm³/mol. The molecule has 0 aliphatic rings. The number of nitrogens with zero attached hydrogens (tertiary/aromatic N) is 2. The van der Waals surface area contributed by atoms with Gasteiger partial charge in [0, 0.05) is 26.1 Å². The summed E-state index contributed by atoms with van der Waals surface area (Å²) in [4.78, 5) is 52.8. The molecule has 0 saturated heterocycles. The summed E-state index contributed by atoms with van der Waals surface area (Å²) in [6.07, 6.45) is -0.00683. The third-order valence-corrected chi connectivity index (χ3v) is 3.27. The SMILES string of the molecule is CC(C)(C)OC(=O)NCCN(CCCN(C=O)OC(C)(C)C)C(=O)CCC(=O)O. The maximum Gasteiger partial charge on any atom is 0.407 e. The molecule has 0 aromatic rings. The Hall–Kier alpha value is -2.36. The largest absolute Gasteiger partial charge is 0.481 e. The Labute approximate surface area is 172 Å². The van der Waals surface area contributed by atoms with Crippen LogP contribution < -0.4 is 5.32 Å². The van der Waals surface area contributed by atoms with E-state index in [9.17, 15) is 19.2 Å². The van der Waals surface area contributed by atoms with E-state index >= 15 is 0 Å². The van der Waals surface area contributed by atoms with Gasteiger partial charge >= 0.3 is 12.1 Å². The van der Waals surface area contributed by atoms with E-state index in [0.29, 0.717) is 12.8 Å². The Balaban J connectivity index is 4.68. The minimum Gasteiger partial charge on any atom is -0.481 e. The molecule has 29 heavy (non-hydrogen) atoms. The predicted octanol–water partition coefficient (Wildman–Crippen LogP) is 1.78. The zero-order valence-electron chi connectivity index (χ0n) is 18.3. The van der Waals surface area contributed by atoms with Gasteiger partial charge in [-0.05, 0) is 48.0 Å². The van der Waals surface area contributed by atoms with E-state index in [0.717, 1.165) is 0 Å². The van der Waals surface area contributed by atoms with Gasteiger partial charge in [-0.25, -0.2) is 9.86 Å². The summed E-state index contributed by atoms with van der Waals surface area (Å²) in [7, 11) is 0. The molecule has 0 radical (unpaired) electrons. The normalized spacial score (nSPS) is 11.5. The van der Waals surface area contributed by atoms with E-state index in [1.807, 2.05) is 20.8 Å². The maximum absolute atomic E-state index is 12.3. The number of carbonyl (C=O) groups excluding carboxylic acids is 3. The summed E-state index contributed by atoms with van der Waals surface area (Å²) in [6, 6.07) is 0. The lowest BCUT2D eigenvalue weighted by Gasteiger charge is -2.28. The number of alkyl carbamates (subject to hydrolysis) is 1. The first-order valence-corrected chi connectivity index (χ1v) is 9.61. The highest BCUT2D eigenvalue weighted by Gasteiger charge is 2.19. The Bertz CT molecular complexity index is 553. The summed E-state index contributed by atoms with van der Waals surface area (Å²) >= 11 is 0. The van der Waals surface area contributed by atoms with Crippen molar-refractivity contribution in [3.63, 3.8) is 0 Å². The standard InChI is InChI=1S/C19H35N3O7/c1-18(2,3)28-17(27)20-10-13-21(15(24)8-9-16(25)26)11-7-12-22(14-23)29-19(4,5)6/h14H,7-13H2,1-6H3,(H,20,27)(H,25,26). The third-order valence-electron chi connectivity index (χ3n) is 3.27. The van der Waals surface area contributed by atoms with Crippen molar-refractivity contribution in [3.8, 4) is 0 Å². The van der Waals surface area contributed by atoms with E-state index in [1.165, 1.54) is 9.96 Å². The van der Waals surface area contributed by atoms with E-state index in [2.05, 4.69) is 5.32 Å². The molecule has 168 valence electrons. The Morgan fingerprint density at radius 3 is 2.07 bits per heavy atom. The van der Waals surface area contributed by atoms with Gasteiger partial charge in [0.15, 0.2) is 0 Å². The molecular formula is C19H35N3O7. The highest BCUT2D eigenvalue weighted by Crippen LogP contribution is 2.10. The van der Waals surface area contributed by atoms with Crippen LogP contribution in [0.4, 0.5) is 4.79 Å². The molecule has 0 aromatic carbocycles. The summed E-state index contributed by atoms with van der Waals surface area (Å²) in [5.41, 5.74) is -1.17. The van der Waals surface area contributed by atoms with E-state index in [4.69, 9.17) is 14.7 Å². The first-order valence-electron chi connectivity index (χ1n) is 9.61. The van der Waals surface area contributed by atoms with Crippen LogP contribution >= 0.6 is 0 Å². The van der Waals surface area contributed by atoms with Gasteiger partial charge in [-0.2, -0.15) is 0 Å². The smallest absolute Gasteiger partial charge is 0.407 e. The molecule has 0 saturated carbocycles. The second kappa shape index (κ2) is 12.3. The van der Waals surface area contributed by atoms with Crippen molar-refractivity contribution in [2.45, 2.75) is 72.0 Å². The van der Waals surface area contributed by atoms with E-state index in [1.54, 1.807) is 20.8 Å². The molecule has 0 unspecified atom stereocenters. The van der Waals surface area contributed by atoms with Crippen molar-refractivity contribution < 1.29 is 33.9 Å². The van der Waals surface area contributed by atoms with Crippen molar-refractivity contribution in [2.75, 3.05) is 26.2 Å². The molecule has 0 rings (SSSR count). The molecule has 0 fully saturated rings. The number of hydrogen-bond acceptors (Lipinski definition) is 6. The number of amides is 3. The van der Waals surface area contributed by atoms with Crippen molar-refractivity contribution >= 4 is 24.4 Å². The fourth-order valence-corrected chi connectivity index (χ4v) is 2.23. The van der Waals surface area contributed by atoms with Crippen LogP contribution in [0.1, 0.15) is 60.8 Å². The van der Waals surface area contributed by atoms with Gasteiger partial charge in [-0.3, -0.25) is 19.2 Å². The Kier molecular flexibility index (Phi) is 11.3. The molecule has 3 amide bonds. The van der Waals surface area contributed by atoms with Crippen molar-refractivity contribution in [1.29, 1.82) is 0 Å². The van der Waals surface area contributed by atoms with Gasteiger partial charge in [-0.15, -0.1) is 0 Å². The van der Waals surface area contributed by atoms with Crippen LogP contribution in [-0.2, 0) is 24.0 Å². The number of ether oxygens (including phenoxy) is 1. The third kappa shape index (κ3) is 15.3. The first-order chi connectivity index (χ1) is 13.2. The summed E-state index contributed by atoms with van der Waals surface area (Å²) in [5, 5.41) is 12.5. The lowest BCUT2D eigenvalue weighted by Crippen LogP contribution is -2.41. The molecule has 10 heteroatoms. The zero-order valence-corrected chi connectivity index (χ0v) is 18.3. The molecular weight excluding hydrogens is 382 g/mol. The number of carbonyl (C=O) groups is 4. The monoisotopic (exact) mass is 417 g/mol. The van der Waals surface area contributed by atoms with Crippen LogP contribution in [0.3, 0.4) is 0 Å². The Morgan fingerprint density at radius 2 is 1.59 bits per heavy atom. The second-order valence-electron chi connectivity index (χ2n) is 8.51. The van der Waals surface area contributed by atoms with E-state index in [-0.39, 0.29) is 44.9 Å². The molecule has 0 aromatic heterocycles. The van der Waals surface area contributed by atoms with Gasteiger partial charge in [0.05, 0.1) is 18.6 Å². The first kappa shape index (κ1) is 26.6. The lowest BCUT2D eigenvalue weighted by molar-refractivity contribution is -0.216. The number of nitrogens with one attached hydrogen (secondary N) is 1. The number of hydrogen-bond donors (Lipinski definition) is 2. The van der Waals surface area contributed by atoms with Crippen molar-refractivity contribution in [2.24, 2.45) is 0 Å². The van der Waals surface area contributed by atoms with Gasteiger partial charge in [-0.1, -0.05) is 0 Å². The minimum absolute atomic E-state index is 0.141. The van der Waals surface area contributed by atoms with Crippen LogP contribution in [0.15, 0.2) is 0 Å². The highest BCUT2D eigenvalue weighted by molar-refractivity contribution is 5.80. The molecule has 0 spiro atoms. The van der Waals surface area contributed by atoms with Crippen LogP contribution in [0, 0.1) is 0 Å². The number of carboxylic acid groups (broad SMARTS) is 1. The molecule has 0 heterocycles. The molecule has 0 bridgehead atoms. The van der Waals surface area contributed by atoms with E-state index < -0.39 is 23.3 Å². The number of carboxylic acids is 1. The van der Waals surface area contributed by atoms with Crippen LogP contribution in [-0.4, -0.2) is 76.8 Å². The molecule has 0 aliphatic carbocycles. The average Bonchev–Trinajstić information content (AvgIpc) is 2.54. The van der Waals surface area contributed by atoms with Crippen LogP contribution in [0.5, 0.6) is 0 Å². The van der Waals surface area contributed by atoms with Crippen molar-refractivity contribution in [3.05, 3.63) is 0 Å². The van der Waals surface area contributed by atoms with Crippen LogP contribution in [0.25, 0.3) is 0 Å². The second-order valence-corrected chi connectivity index (χ2v) is 8.51. The highest BCUT2D eigenvalue weighted by atomic mass is 16.7. The Morgan fingerprint density at radius 1 is 0.966 bits per heavy atom. The van der Waals surface area contributed by atoms with Gasteiger partial charge in [0.1, 0.15) is 5.60 Å². The summed E-state index contributed by atoms with van der Waals surface area (Å²) in [6.45, 7) is 11.6. The number of hydroxylamine groups is 2. The lowest BCUT2D eigenvalue weighted by atomic mass is 10.2. The molecule has 0 aliphatic heterocycles. The van der Waals surface area contributed by atoms with Gasteiger partial charge in [0.25, 0.3) is 0 Å².